The number of aromatic nitrogens is 1. The average molecular weight is 287 g/mol. The first kappa shape index (κ1) is 13.6. The molecule has 21 heavy (non-hydrogen) atoms. The van der Waals surface area contributed by atoms with Crippen LogP contribution in [0.1, 0.15) is 10.4 Å². The Kier molecular flexibility index (Phi) is 3.87. The molecule has 0 radical (unpaired) electrons. The number of carbonyl (C=O) groups is 1. The van der Waals surface area contributed by atoms with E-state index in [1.807, 2.05) is 12.1 Å². The average Bonchev–Trinajstić information content (AvgIpc) is 3.09. The van der Waals surface area contributed by atoms with Crippen molar-refractivity contribution in [1.82, 2.24) is 10.3 Å². The van der Waals surface area contributed by atoms with E-state index >= 15 is 0 Å². The van der Waals surface area contributed by atoms with Gasteiger partial charge in [-0.05, 0) is 24.3 Å². The van der Waals surface area contributed by atoms with Crippen LogP contribution in [0.2, 0.25) is 0 Å². The Balaban J connectivity index is 2.03. The molecular weight excluding hydrogens is 270 g/mol. The third-order valence-corrected chi connectivity index (χ3v) is 3.43. The monoisotopic (exact) mass is 287 g/mol. The normalized spacial score (nSPS) is 15.0. The van der Waals surface area contributed by atoms with Crippen molar-refractivity contribution in [3.8, 4) is 11.5 Å². The molecular formula is C15H17N3O3. The third kappa shape index (κ3) is 2.75. The van der Waals surface area contributed by atoms with Gasteiger partial charge in [-0.2, -0.15) is 0 Å². The molecule has 6 nitrogen and oxygen atoms in total. The van der Waals surface area contributed by atoms with Crippen LogP contribution in [0.25, 0.3) is 11.5 Å². The first-order valence-electron chi connectivity index (χ1n) is 6.89. The standard InChI is InChI=1S/C15H17N3O3/c1-16-15(19)11-4-5-12(13-3-2-8-21-13)17-14(11)18-6-9-20-10-7-18/h2-5,8H,6-7,9-10H2,1H3,(H,16,19). The molecule has 0 unspecified atom stereocenters. The van der Waals surface area contributed by atoms with Gasteiger partial charge in [0.1, 0.15) is 11.5 Å². The van der Waals surface area contributed by atoms with Gasteiger partial charge in [-0.1, -0.05) is 0 Å². The van der Waals surface area contributed by atoms with Gasteiger partial charge < -0.3 is 19.4 Å². The van der Waals surface area contributed by atoms with Gasteiger partial charge in [0.25, 0.3) is 5.91 Å². The highest BCUT2D eigenvalue weighted by Gasteiger charge is 2.21. The molecule has 0 atom stereocenters. The number of carbonyl (C=O) groups excluding carboxylic acids is 1. The predicted octanol–water partition coefficient (Wildman–Crippen LogP) is 1.54. The number of rotatable bonds is 3. The molecule has 110 valence electrons. The lowest BCUT2D eigenvalue weighted by atomic mass is 10.1. The van der Waals surface area contributed by atoms with E-state index in [0.717, 1.165) is 13.1 Å². The van der Waals surface area contributed by atoms with Gasteiger partial charge in [-0.3, -0.25) is 4.79 Å². The van der Waals surface area contributed by atoms with Crippen molar-refractivity contribution < 1.29 is 13.9 Å². The SMILES string of the molecule is CNC(=O)c1ccc(-c2ccco2)nc1N1CCOCC1. The molecule has 0 aliphatic carbocycles. The summed E-state index contributed by atoms with van der Waals surface area (Å²) >= 11 is 0. The largest absolute Gasteiger partial charge is 0.463 e. The number of nitrogens with one attached hydrogen (secondary N) is 1. The lowest BCUT2D eigenvalue weighted by molar-refractivity contribution is 0.0961. The van der Waals surface area contributed by atoms with Crippen molar-refractivity contribution in [3.63, 3.8) is 0 Å². The Bertz CT molecular complexity index is 619. The summed E-state index contributed by atoms with van der Waals surface area (Å²) in [6.07, 6.45) is 1.61. The highest BCUT2D eigenvalue weighted by molar-refractivity contribution is 5.99. The molecule has 1 amide bonds. The van der Waals surface area contributed by atoms with E-state index < -0.39 is 0 Å². The predicted molar refractivity (Wildman–Crippen MR) is 78.4 cm³/mol. The van der Waals surface area contributed by atoms with E-state index in [1.165, 1.54) is 0 Å². The molecule has 0 spiro atoms. The Morgan fingerprint density at radius 2 is 2.10 bits per heavy atom. The van der Waals surface area contributed by atoms with Crippen molar-refractivity contribution in [1.29, 1.82) is 0 Å². The van der Waals surface area contributed by atoms with E-state index in [2.05, 4.69) is 15.2 Å². The third-order valence-electron chi connectivity index (χ3n) is 3.43. The molecule has 1 fully saturated rings. The molecule has 1 saturated heterocycles. The quantitative estimate of drug-likeness (QED) is 0.927. The summed E-state index contributed by atoms with van der Waals surface area (Å²) in [6.45, 7) is 2.72. The van der Waals surface area contributed by atoms with Crippen molar-refractivity contribution in [3.05, 3.63) is 36.1 Å². The molecule has 1 N–H and O–H groups in total. The minimum atomic E-state index is -0.144. The van der Waals surface area contributed by atoms with Crippen molar-refractivity contribution in [2.75, 3.05) is 38.3 Å². The molecule has 6 heteroatoms. The lowest BCUT2D eigenvalue weighted by Gasteiger charge is -2.29. The van der Waals surface area contributed by atoms with Crippen LogP contribution in [-0.4, -0.2) is 44.2 Å². The van der Waals surface area contributed by atoms with Crippen molar-refractivity contribution in [2.45, 2.75) is 0 Å². The first-order chi connectivity index (χ1) is 10.3. The first-order valence-corrected chi connectivity index (χ1v) is 6.89. The van der Waals surface area contributed by atoms with Gasteiger partial charge in [-0.25, -0.2) is 4.98 Å². The number of morpholine rings is 1. The zero-order valence-electron chi connectivity index (χ0n) is 11.8. The van der Waals surface area contributed by atoms with E-state index in [1.54, 1.807) is 25.4 Å². The molecule has 3 rings (SSSR count). The van der Waals surface area contributed by atoms with E-state index in [-0.39, 0.29) is 5.91 Å². The summed E-state index contributed by atoms with van der Waals surface area (Å²) in [4.78, 5) is 18.7. The van der Waals surface area contributed by atoms with Gasteiger partial charge in [0, 0.05) is 20.1 Å². The van der Waals surface area contributed by atoms with Crippen LogP contribution in [0.5, 0.6) is 0 Å². The second kappa shape index (κ2) is 5.97. The highest BCUT2D eigenvalue weighted by atomic mass is 16.5. The van der Waals surface area contributed by atoms with Gasteiger partial charge in [0.15, 0.2) is 5.76 Å². The fraction of sp³-hybridized carbons (Fsp3) is 0.333. The van der Waals surface area contributed by atoms with Gasteiger partial charge >= 0.3 is 0 Å². The number of furan rings is 1. The minimum absolute atomic E-state index is 0.144. The van der Waals surface area contributed by atoms with E-state index in [4.69, 9.17) is 9.15 Å². The molecule has 0 saturated carbocycles. The summed E-state index contributed by atoms with van der Waals surface area (Å²) in [6, 6.07) is 7.25. The van der Waals surface area contributed by atoms with E-state index in [9.17, 15) is 4.79 Å². The Morgan fingerprint density at radius 3 is 2.76 bits per heavy atom. The van der Waals surface area contributed by atoms with Crippen LogP contribution in [0.15, 0.2) is 34.9 Å². The molecule has 3 heterocycles. The Morgan fingerprint density at radius 1 is 1.29 bits per heavy atom. The number of hydrogen-bond acceptors (Lipinski definition) is 5. The number of ether oxygens (including phenoxy) is 1. The summed E-state index contributed by atoms with van der Waals surface area (Å²) in [5.74, 6) is 1.22. The zero-order valence-corrected chi connectivity index (χ0v) is 11.8. The fourth-order valence-electron chi connectivity index (χ4n) is 2.34. The summed E-state index contributed by atoms with van der Waals surface area (Å²) in [7, 11) is 1.62. The maximum Gasteiger partial charge on any atom is 0.254 e. The van der Waals surface area contributed by atoms with Crippen molar-refractivity contribution in [2.24, 2.45) is 0 Å². The lowest BCUT2D eigenvalue weighted by Crippen LogP contribution is -2.38. The van der Waals surface area contributed by atoms with Crippen molar-refractivity contribution >= 4 is 11.7 Å². The number of hydrogen-bond donors (Lipinski definition) is 1. The Hall–Kier alpha value is -2.34. The van der Waals surface area contributed by atoms with Gasteiger partial charge in [0.2, 0.25) is 0 Å². The smallest absolute Gasteiger partial charge is 0.254 e. The Labute approximate surface area is 122 Å². The van der Waals surface area contributed by atoms with Crippen LogP contribution in [-0.2, 0) is 4.74 Å². The van der Waals surface area contributed by atoms with Crippen LogP contribution in [0.4, 0.5) is 5.82 Å². The summed E-state index contributed by atoms with van der Waals surface area (Å²) < 4.78 is 10.7. The topological polar surface area (TPSA) is 67.6 Å². The number of amides is 1. The molecule has 2 aromatic heterocycles. The number of anilines is 1. The summed E-state index contributed by atoms with van der Waals surface area (Å²) in [5, 5.41) is 2.65. The maximum atomic E-state index is 12.0. The molecule has 1 aliphatic heterocycles. The van der Waals surface area contributed by atoms with Crippen LogP contribution >= 0.6 is 0 Å². The second-order valence-electron chi connectivity index (χ2n) is 4.72. The van der Waals surface area contributed by atoms with Gasteiger partial charge in [0.05, 0.1) is 25.0 Å². The zero-order chi connectivity index (χ0) is 14.7. The molecule has 0 aromatic carbocycles. The number of pyridine rings is 1. The van der Waals surface area contributed by atoms with E-state index in [0.29, 0.717) is 36.0 Å². The maximum absolute atomic E-state index is 12.0. The minimum Gasteiger partial charge on any atom is -0.463 e. The van der Waals surface area contributed by atoms with Crippen LogP contribution < -0.4 is 10.2 Å². The molecule has 0 bridgehead atoms. The van der Waals surface area contributed by atoms with Crippen LogP contribution in [0.3, 0.4) is 0 Å². The fourth-order valence-corrected chi connectivity index (χ4v) is 2.34. The van der Waals surface area contributed by atoms with Crippen LogP contribution in [0, 0.1) is 0 Å². The highest BCUT2D eigenvalue weighted by Crippen LogP contribution is 2.25. The van der Waals surface area contributed by atoms with Gasteiger partial charge in [-0.15, -0.1) is 0 Å². The molecule has 2 aromatic rings. The molecule has 1 aliphatic rings. The number of nitrogens with zero attached hydrogens (tertiary/aromatic N) is 2. The summed E-state index contributed by atoms with van der Waals surface area (Å²) in [5.41, 5.74) is 1.28. The second-order valence-corrected chi connectivity index (χ2v) is 4.72.